The van der Waals surface area contributed by atoms with Crippen molar-refractivity contribution in [3.05, 3.63) is 53.6 Å². The number of sulfonamides is 1. The molecule has 1 aromatic heterocycles. The summed E-state index contributed by atoms with van der Waals surface area (Å²) in [5, 5.41) is 14.9. The molecule has 164 valence electrons. The summed E-state index contributed by atoms with van der Waals surface area (Å²) in [6, 6.07) is 12.2. The van der Waals surface area contributed by atoms with Crippen molar-refractivity contribution in [1.29, 1.82) is 0 Å². The predicted octanol–water partition coefficient (Wildman–Crippen LogP) is 3.88. The molecule has 0 aliphatic rings. The Labute approximate surface area is 190 Å². The molecule has 11 heteroatoms. The number of nitrogens with one attached hydrogen (secondary N) is 2. The second kappa shape index (κ2) is 9.77. The van der Waals surface area contributed by atoms with Crippen molar-refractivity contribution in [1.82, 2.24) is 14.5 Å². The number of aryl methyl sites for hydroxylation is 1. The molecule has 0 aliphatic carbocycles. The van der Waals surface area contributed by atoms with Gasteiger partial charge >= 0.3 is 0 Å². The summed E-state index contributed by atoms with van der Waals surface area (Å²) in [7, 11) is -0.644. The van der Waals surface area contributed by atoms with Crippen LogP contribution in [0.2, 0.25) is 0 Å². The maximum absolute atomic E-state index is 12.3. The highest BCUT2D eigenvalue weighted by atomic mass is 32.2. The van der Waals surface area contributed by atoms with Crippen LogP contribution in [0.25, 0.3) is 0 Å². The first-order valence-corrected chi connectivity index (χ1v) is 12.5. The first-order valence-electron chi connectivity index (χ1n) is 9.29. The van der Waals surface area contributed by atoms with Gasteiger partial charge in [-0.15, -0.1) is 10.2 Å². The van der Waals surface area contributed by atoms with E-state index in [1.54, 1.807) is 12.1 Å². The average Bonchev–Trinajstić information content (AvgIpc) is 3.17. The van der Waals surface area contributed by atoms with E-state index in [9.17, 15) is 13.2 Å². The minimum atomic E-state index is -3.57. The van der Waals surface area contributed by atoms with Crippen molar-refractivity contribution in [2.45, 2.75) is 23.1 Å². The van der Waals surface area contributed by atoms with Crippen molar-refractivity contribution in [2.75, 3.05) is 30.5 Å². The fourth-order valence-corrected chi connectivity index (χ4v) is 5.10. The molecule has 2 aromatic carbocycles. The van der Waals surface area contributed by atoms with Crippen LogP contribution in [0, 0.1) is 13.8 Å². The number of rotatable bonds is 8. The first-order chi connectivity index (χ1) is 14.7. The second-order valence-electron chi connectivity index (χ2n) is 6.90. The number of aromatic nitrogens is 2. The molecule has 0 radical (unpaired) electrons. The van der Waals surface area contributed by atoms with Gasteiger partial charge in [-0.2, -0.15) is 0 Å². The molecular formula is C20H23N5O3S3. The van der Waals surface area contributed by atoms with Crippen LogP contribution in [0.1, 0.15) is 11.1 Å². The van der Waals surface area contributed by atoms with E-state index in [0.717, 1.165) is 15.6 Å². The highest BCUT2D eigenvalue weighted by molar-refractivity contribution is 8.01. The van der Waals surface area contributed by atoms with E-state index >= 15 is 0 Å². The van der Waals surface area contributed by atoms with Crippen LogP contribution in [-0.4, -0.2) is 48.7 Å². The maximum Gasteiger partial charge on any atom is 0.242 e. The van der Waals surface area contributed by atoms with Gasteiger partial charge in [0.15, 0.2) is 4.34 Å². The minimum absolute atomic E-state index is 0.120. The number of anilines is 3. The molecule has 1 amide bonds. The Morgan fingerprint density at radius 1 is 1.13 bits per heavy atom. The summed E-state index contributed by atoms with van der Waals surface area (Å²) < 4.78 is 26.3. The molecule has 0 bridgehead atoms. The van der Waals surface area contributed by atoms with E-state index in [2.05, 4.69) is 20.8 Å². The van der Waals surface area contributed by atoms with Gasteiger partial charge in [0.05, 0.1) is 10.6 Å². The Morgan fingerprint density at radius 2 is 1.87 bits per heavy atom. The number of hydrogen-bond acceptors (Lipinski definition) is 8. The fourth-order valence-electron chi connectivity index (χ4n) is 2.59. The van der Waals surface area contributed by atoms with Gasteiger partial charge in [0.25, 0.3) is 0 Å². The van der Waals surface area contributed by atoms with Gasteiger partial charge in [0, 0.05) is 25.5 Å². The van der Waals surface area contributed by atoms with E-state index < -0.39 is 10.0 Å². The molecule has 0 spiro atoms. The monoisotopic (exact) mass is 477 g/mol. The van der Waals surface area contributed by atoms with Crippen molar-refractivity contribution < 1.29 is 13.2 Å². The van der Waals surface area contributed by atoms with Gasteiger partial charge in [-0.1, -0.05) is 41.3 Å². The molecule has 1 heterocycles. The van der Waals surface area contributed by atoms with Gasteiger partial charge in [-0.3, -0.25) is 4.79 Å². The van der Waals surface area contributed by atoms with Gasteiger partial charge in [0.2, 0.25) is 21.1 Å². The summed E-state index contributed by atoms with van der Waals surface area (Å²) in [5.41, 5.74) is 3.72. The summed E-state index contributed by atoms with van der Waals surface area (Å²) in [6.07, 6.45) is 0. The van der Waals surface area contributed by atoms with E-state index in [0.29, 0.717) is 15.2 Å². The zero-order valence-electron chi connectivity index (χ0n) is 17.5. The molecule has 0 unspecified atom stereocenters. The van der Waals surface area contributed by atoms with Crippen molar-refractivity contribution in [3.8, 4) is 0 Å². The molecule has 2 N–H and O–H groups in total. The molecule has 0 fully saturated rings. The molecule has 3 rings (SSSR count). The Morgan fingerprint density at radius 3 is 2.61 bits per heavy atom. The Balaban J connectivity index is 1.58. The lowest BCUT2D eigenvalue weighted by molar-refractivity contribution is -0.113. The SMILES string of the molecule is Cc1cccc(Nc2nnc(SCC(=O)Nc3cccc(S(=O)(=O)N(C)C)c3)s2)c1C. The molecule has 8 nitrogen and oxygen atoms in total. The number of amides is 1. The first kappa shape index (κ1) is 23.2. The van der Waals surface area contributed by atoms with Gasteiger partial charge in [0.1, 0.15) is 0 Å². The highest BCUT2D eigenvalue weighted by Crippen LogP contribution is 2.29. The highest BCUT2D eigenvalue weighted by Gasteiger charge is 2.18. The maximum atomic E-state index is 12.3. The smallest absolute Gasteiger partial charge is 0.242 e. The summed E-state index contributed by atoms with van der Waals surface area (Å²) in [4.78, 5) is 12.4. The number of carbonyl (C=O) groups excluding carboxylic acids is 1. The summed E-state index contributed by atoms with van der Waals surface area (Å²) in [6.45, 7) is 4.09. The van der Waals surface area contributed by atoms with E-state index in [-0.39, 0.29) is 16.6 Å². The van der Waals surface area contributed by atoms with Crippen LogP contribution >= 0.6 is 23.1 Å². The Kier molecular flexibility index (Phi) is 7.31. The number of benzene rings is 2. The van der Waals surface area contributed by atoms with Gasteiger partial charge in [-0.05, 0) is 49.2 Å². The van der Waals surface area contributed by atoms with Crippen LogP contribution in [0.3, 0.4) is 0 Å². The molecular weight excluding hydrogens is 454 g/mol. The second-order valence-corrected chi connectivity index (χ2v) is 11.2. The lowest BCUT2D eigenvalue weighted by Crippen LogP contribution is -2.22. The molecule has 0 atom stereocenters. The van der Waals surface area contributed by atoms with Gasteiger partial charge in [-0.25, -0.2) is 12.7 Å². The zero-order chi connectivity index (χ0) is 22.6. The van der Waals surface area contributed by atoms with E-state index in [1.165, 1.54) is 54.9 Å². The molecule has 0 saturated carbocycles. The van der Waals surface area contributed by atoms with E-state index in [4.69, 9.17) is 0 Å². The number of thioether (sulfide) groups is 1. The van der Waals surface area contributed by atoms with Crippen molar-refractivity contribution in [3.63, 3.8) is 0 Å². The largest absolute Gasteiger partial charge is 0.330 e. The Bertz CT molecular complexity index is 1190. The minimum Gasteiger partial charge on any atom is -0.330 e. The quantitative estimate of drug-likeness (QED) is 0.475. The third-order valence-corrected chi connectivity index (χ3v) is 8.26. The third kappa shape index (κ3) is 5.82. The number of nitrogens with zero attached hydrogens (tertiary/aromatic N) is 3. The average molecular weight is 478 g/mol. The lowest BCUT2D eigenvalue weighted by atomic mass is 10.1. The number of carbonyl (C=O) groups is 1. The molecule has 3 aromatic rings. The topological polar surface area (TPSA) is 104 Å². The third-order valence-electron chi connectivity index (χ3n) is 4.48. The van der Waals surface area contributed by atoms with Crippen LogP contribution in [0.4, 0.5) is 16.5 Å². The zero-order valence-corrected chi connectivity index (χ0v) is 20.0. The van der Waals surface area contributed by atoms with Crippen LogP contribution in [-0.2, 0) is 14.8 Å². The van der Waals surface area contributed by atoms with Crippen LogP contribution < -0.4 is 10.6 Å². The van der Waals surface area contributed by atoms with Crippen LogP contribution in [0.15, 0.2) is 51.7 Å². The predicted molar refractivity (Wildman–Crippen MR) is 126 cm³/mol. The molecule has 0 aliphatic heterocycles. The summed E-state index contributed by atoms with van der Waals surface area (Å²) >= 11 is 2.63. The normalized spacial score (nSPS) is 11.5. The molecule has 31 heavy (non-hydrogen) atoms. The number of hydrogen-bond donors (Lipinski definition) is 2. The van der Waals surface area contributed by atoms with Gasteiger partial charge < -0.3 is 10.6 Å². The summed E-state index contributed by atoms with van der Waals surface area (Å²) in [5.74, 6) is -0.133. The standard InChI is InChI=1S/C20H23N5O3S3/c1-13-7-5-10-17(14(13)2)22-19-23-24-20(30-19)29-12-18(26)21-15-8-6-9-16(11-15)31(27,28)25(3)4/h5-11H,12H2,1-4H3,(H,21,26)(H,22,23). The Hall–Kier alpha value is -2.47. The van der Waals surface area contributed by atoms with Crippen molar-refractivity contribution in [2.24, 2.45) is 0 Å². The van der Waals surface area contributed by atoms with E-state index in [1.807, 2.05) is 32.0 Å². The van der Waals surface area contributed by atoms with Crippen LogP contribution in [0.5, 0.6) is 0 Å². The molecule has 0 saturated heterocycles. The van der Waals surface area contributed by atoms with Crippen molar-refractivity contribution >= 4 is 55.5 Å². The fraction of sp³-hybridized carbons (Fsp3) is 0.250. The lowest BCUT2D eigenvalue weighted by Gasteiger charge is -2.12.